The molecular formula is C25H22F3N3O2. The summed E-state index contributed by atoms with van der Waals surface area (Å²) in [4.78, 5) is 33.4. The number of amides is 2. The van der Waals surface area contributed by atoms with Gasteiger partial charge in [-0.05, 0) is 55.3 Å². The third-order valence-corrected chi connectivity index (χ3v) is 6.79. The molecule has 0 bridgehead atoms. The Bertz CT molecular complexity index is 1220. The zero-order valence-electron chi connectivity index (χ0n) is 17.8. The highest BCUT2D eigenvalue weighted by molar-refractivity contribution is 5.98. The number of rotatable bonds is 2. The number of nitrogens with zero attached hydrogens (tertiary/aromatic N) is 3. The maximum absolute atomic E-state index is 13.0. The van der Waals surface area contributed by atoms with Crippen molar-refractivity contribution in [3.63, 3.8) is 0 Å². The van der Waals surface area contributed by atoms with Crippen molar-refractivity contribution in [2.24, 2.45) is 5.41 Å². The zero-order chi connectivity index (χ0) is 23.2. The minimum Gasteiger partial charge on any atom is -0.339 e. The normalized spacial score (nSPS) is 18.3. The van der Waals surface area contributed by atoms with Gasteiger partial charge >= 0.3 is 6.18 Å². The summed E-state index contributed by atoms with van der Waals surface area (Å²) in [5, 5.41) is 0.972. The van der Waals surface area contributed by atoms with E-state index >= 15 is 0 Å². The molecule has 0 N–H and O–H groups in total. The lowest BCUT2D eigenvalue weighted by atomic mass is 9.77. The molecule has 5 rings (SSSR count). The number of halogens is 3. The summed E-state index contributed by atoms with van der Waals surface area (Å²) < 4.78 is 38.5. The topological polar surface area (TPSA) is 53.5 Å². The smallest absolute Gasteiger partial charge is 0.339 e. The van der Waals surface area contributed by atoms with Crippen molar-refractivity contribution < 1.29 is 22.8 Å². The van der Waals surface area contributed by atoms with Gasteiger partial charge in [0, 0.05) is 54.3 Å². The summed E-state index contributed by atoms with van der Waals surface area (Å²) in [6.07, 6.45) is -1.02. The molecule has 2 amide bonds. The number of alkyl halides is 3. The molecule has 3 aromatic rings. The molecule has 2 aromatic carbocycles. The van der Waals surface area contributed by atoms with Crippen molar-refractivity contribution in [1.29, 1.82) is 0 Å². The molecule has 1 spiro atoms. The fourth-order valence-electron chi connectivity index (χ4n) is 4.86. The number of piperidine rings is 1. The van der Waals surface area contributed by atoms with Gasteiger partial charge in [0.1, 0.15) is 0 Å². The number of carbonyl (C=O) groups is 2. The summed E-state index contributed by atoms with van der Waals surface area (Å²) in [6.45, 7) is 1.53. The Morgan fingerprint density at radius 3 is 2.42 bits per heavy atom. The second-order valence-electron chi connectivity index (χ2n) is 8.90. The van der Waals surface area contributed by atoms with Crippen molar-refractivity contribution >= 4 is 28.4 Å². The number of hydrogen-bond acceptors (Lipinski definition) is 3. The highest BCUT2D eigenvalue weighted by atomic mass is 19.4. The Labute approximate surface area is 188 Å². The maximum Gasteiger partial charge on any atom is 0.416 e. The van der Waals surface area contributed by atoms with E-state index in [4.69, 9.17) is 0 Å². The van der Waals surface area contributed by atoms with Crippen LogP contribution in [0.3, 0.4) is 0 Å². The fraction of sp³-hybridized carbons (Fsp3) is 0.320. The standard InChI is InChI=1S/C25H22F3N3O2/c26-25(27,28)19-5-7-20(8-6-19)31-16-24(15-22(31)32)9-12-30(13-10-24)23(33)18-4-3-17-2-1-11-29-21(17)14-18/h1-8,11,14H,9-10,12-13,15-16H2. The van der Waals surface area contributed by atoms with E-state index in [1.807, 2.05) is 24.3 Å². The summed E-state index contributed by atoms with van der Waals surface area (Å²) in [5.74, 6) is -0.142. The van der Waals surface area contributed by atoms with E-state index in [2.05, 4.69) is 4.98 Å². The van der Waals surface area contributed by atoms with Gasteiger partial charge in [-0.3, -0.25) is 14.6 Å². The fourth-order valence-corrected chi connectivity index (χ4v) is 4.86. The molecule has 0 radical (unpaired) electrons. The van der Waals surface area contributed by atoms with Gasteiger partial charge in [-0.15, -0.1) is 0 Å². The first-order valence-electron chi connectivity index (χ1n) is 10.9. The minimum absolute atomic E-state index is 0.0543. The molecule has 8 heteroatoms. The zero-order valence-corrected chi connectivity index (χ0v) is 17.8. The van der Waals surface area contributed by atoms with Gasteiger partial charge in [0.15, 0.2) is 0 Å². The predicted molar refractivity (Wildman–Crippen MR) is 118 cm³/mol. The van der Waals surface area contributed by atoms with Crippen molar-refractivity contribution in [3.8, 4) is 0 Å². The molecular weight excluding hydrogens is 431 g/mol. The van der Waals surface area contributed by atoms with Crippen LogP contribution >= 0.6 is 0 Å². The molecule has 1 aromatic heterocycles. The Morgan fingerprint density at radius 1 is 1.00 bits per heavy atom. The van der Waals surface area contributed by atoms with Gasteiger partial charge < -0.3 is 9.80 Å². The van der Waals surface area contributed by atoms with E-state index in [0.29, 0.717) is 50.1 Å². The Morgan fingerprint density at radius 2 is 1.73 bits per heavy atom. The first-order chi connectivity index (χ1) is 15.7. The first-order valence-corrected chi connectivity index (χ1v) is 10.9. The molecule has 2 fully saturated rings. The lowest BCUT2D eigenvalue weighted by molar-refractivity contribution is -0.137. The van der Waals surface area contributed by atoms with Crippen molar-refractivity contribution in [2.75, 3.05) is 24.5 Å². The third kappa shape index (κ3) is 4.05. The highest BCUT2D eigenvalue weighted by Gasteiger charge is 2.46. The molecule has 0 saturated carbocycles. The highest BCUT2D eigenvalue weighted by Crippen LogP contribution is 2.43. The summed E-state index contributed by atoms with van der Waals surface area (Å²) >= 11 is 0. The van der Waals surface area contributed by atoms with Crippen molar-refractivity contribution in [2.45, 2.75) is 25.4 Å². The molecule has 33 heavy (non-hydrogen) atoms. The van der Waals surface area contributed by atoms with Crippen LogP contribution in [0.2, 0.25) is 0 Å². The minimum atomic E-state index is -4.41. The molecule has 2 aliphatic rings. The van der Waals surface area contributed by atoms with Gasteiger partial charge in [0.25, 0.3) is 5.91 Å². The van der Waals surface area contributed by atoms with Crippen LogP contribution in [-0.2, 0) is 11.0 Å². The van der Waals surface area contributed by atoms with Crippen molar-refractivity contribution in [3.05, 3.63) is 71.9 Å². The number of likely N-dealkylation sites (tertiary alicyclic amines) is 1. The lowest BCUT2D eigenvalue weighted by Gasteiger charge is -2.38. The maximum atomic E-state index is 13.0. The van der Waals surface area contributed by atoms with Gasteiger partial charge in [-0.2, -0.15) is 13.2 Å². The van der Waals surface area contributed by atoms with E-state index in [1.54, 1.807) is 22.1 Å². The third-order valence-electron chi connectivity index (χ3n) is 6.79. The summed E-state index contributed by atoms with van der Waals surface area (Å²) in [5.41, 5.74) is 0.841. The van der Waals surface area contributed by atoms with E-state index in [0.717, 1.165) is 23.0 Å². The molecule has 0 unspecified atom stereocenters. The van der Waals surface area contributed by atoms with Crippen LogP contribution in [0, 0.1) is 5.41 Å². The molecule has 0 atom stereocenters. The van der Waals surface area contributed by atoms with Crippen LogP contribution in [0.25, 0.3) is 10.9 Å². The van der Waals surface area contributed by atoms with Crippen LogP contribution in [0.15, 0.2) is 60.8 Å². The van der Waals surface area contributed by atoms with Crippen molar-refractivity contribution in [1.82, 2.24) is 9.88 Å². The number of carbonyl (C=O) groups excluding carboxylic acids is 2. The number of hydrogen-bond donors (Lipinski definition) is 0. The average molecular weight is 453 g/mol. The summed E-state index contributed by atoms with van der Waals surface area (Å²) in [6, 6.07) is 14.0. The van der Waals surface area contributed by atoms with E-state index in [-0.39, 0.29) is 17.2 Å². The van der Waals surface area contributed by atoms with Gasteiger partial charge in [0.2, 0.25) is 5.91 Å². The Kier molecular flexibility index (Phi) is 5.11. The predicted octanol–water partition coefficient (Wildman–Crippen LogP) is 4.91. The number of fused-ring (bicyclic) bond motifs is 1. The SMILES string of the molecule is O=C(c1ccc2cccnc2c1)N1CCC2(CC1)CC(=O)N(c1ccc(C(F)(F)F)cc1)C2. The molecule has 0 aliphatic carbocycles. The average Bonchev–Trinajstić information content (AvgIpc) is 3.13. The van der Waals surface area contributed by atoms with Gasteiger partial charge in [0.05, 0.1) is 11.1 Å². The van der Waals surface area contributed by atoms with E-state index < -0.39 is 11.7 Å². The molecule has 2 aliphatic heterocycles. The molecule has 3 heterocycles. The number of pyridine rings is 1. The largest absolute Gasteiger partial charge is 0.416 e. The summed E-state index contributed by atoms with van der Waals surface area (Å²) in [7, 11) is 0. The first kappa shape index (κ1) is 21.4. The Balaban J connectivity index is 1.26. The van der Waals surface area contributed by atoms with Crippen LogP contribution < -0.4 is 4.90 Å². The van der Waals surface area contributed by atoms with Gasteiger partial charge in [-0.1, -0.05) is 12.1 Å². The monoisotopic (exact) mass is 453 g/mol. The second-order valence-corrected chi connectivity index (χ2v) is 8.90. The van der Waals surface area contributed by atoms with Crippen LogP contribution in [-0.4, -0.2) is 41.3 Å². The molecule has 2 saturated heterocycles. The van der Waals surface area contributed by atoms with Crippen LogP contribution in [0.4, 0.5) is 18.9 Å². The number of benzene rings is 2. The van der Waals surface area contributed by atoms with Gasteiger partial charge in [-0.25, -0.2) is 0 Å². The lowest BCUT2D eigenvalue weighted by Crippen LogP contribution is -2.44. The van der Waals surface area contributed by atoms with E-state index in [1.165, 1.54) is 12.1 Å². The quantitative estimate of drug-likeness (QED) is 0.554. The van der Waals surface area contributed by atoms with Crippen LogP contribution in [0.1, 0.15) is 35.2 Å². The Hall–Kier alpha value is -3.42. The van der Waals surface area contributed by atoms with Crippen LogP contribution in [0.5, 0.6) is 0 Å². The number of anilines is 1. The second kappa shape index (κ2) is 7.86. The molecule has 170 valence electrons. The van der Waals surface area contributed by atoms with E-state index in [9.17, 15) is 22.8 Å². The number of aromatic nitrogens is 1. The molecule has 5 nitrogen and oxygen atoms in total.